The second kappa shape index (κ2) is 6.08. The average molecular weight is 214 g/mol. The van der Waals surface area contributed by atoms with Crippen LogP contribution >= 0.6 is 0 Å². The summed E-state index contributed by atoms with van der Waals surface area (Å²) in [5, 5.41) is 2.97. The van der Waals surface area contributed by atoms with Gasteiger partial charge in [0.15, 0.2) is 0 Å². The van der Waals surface area contributed by atoms with Gasteiger partial charge in [0, 0.05) is 19.2 Å². The number of carbonyl (C=O) groups excluding carboxylic acids is 1. The maximum absolute atomic E-state index is 11.6. The molecule has 1 aliphatic carbocycles. The van der Waals surface area contributed by atoms with Crippen LogP contribution in [-0.4, -0.2) is 31.2 Å². The molecule has 3 N–H and O–H groups in total. The molecule has 3 atom stereocenters. The van der Waals surface area contributed by atoms with Crippen molar-refractivity contribution in [3.05, 3.63) is 0 Å². The normalized spacial score (nSPS) is 29.3. The lowest BCUT2D eigenvalue weighted by Gasteiger charge is -2.24. The summed E-state index contributed by atoms with van der Waals surface area (Å²) < 4.78 is 4.97. The summed E-state index contributed by atoms with van der Waals surface area (Å²) in [7, 11) is 1.54. The number of amides is 1. The molecule has 88 valence electrons. The van der Waals surface area contributed by atoms with Gasteiger partial charge in [-0.2, -0.15) is 0 Å². The quantitative estimate of drug-likeness (QED) is 0.683. The lowest BCUT2D eigenvalue weighted by Crippen LogP contribution is -2.49. The van der Waals surface area contributed by atoms with E-state index in [2.05, 4.69) is 5.32 Å². The van der Waals surface area contributed by atoms with Gasteiger partial charge in [-0.3, -0.25) is 4.79 Å². The van der Waals surface area contributed by atoms with Crippen LogP contribution in [0, 0.1) is 0 Å². The Kier molecular flexibility index (Phi) is 5.05. The molecule has 1 amide bonds. The topological polar surface area (TPSA) is 64.3 Å². The van der Waals surface area contributed by atoms with E-state index in [0.29, 0.717) is 0 Å². The highest BCUT2D eigenvalue weighted by atomic mass is 16.5. The third-order valence-electron chi connectivity index (χ3n) is 3.12. The van der Waals surface area contributed by atoms with Crippen molar-refractivity contribution in [2.45, 2.75) is 57.2 Å². The summed E-state index contributed by atoms with van der Waals surface area (Å²) >= 11 is 0. The van der Waals surface area contributed by atoms with Crippen molar-refractivity contribution in [2.24, 2.45) is 5.73 Å². The van der Waals surface area contributed by atoms with Gasteiger partial charge in [-0.05, 0) is 19.8 Å². The Hall–Kier alpha value is -0.610. The molecule has 0 aliphatic heterocycles. The fourth-order valence-electron chi connectivity index (χ4n) is 1.92. The molecule has 1 aliphatic rings. The van der Waals surface area contributed by atoms with E-state index < -0.39 is 0 Å². The summed E-state index contributed by atoms with van der Waals surface area (Å²) in [5.74, 6) is -0.0557. The van der Waals surface area contributed by atoms with Crippen LogP contribution in [0.4, 0.5) is 0 Å². The molecule has 0 bridgehead atoms. The Morgan fingerprint density at radius 1 is 1.40 bits per heavy atom. The van der Waals surface area contributed by atoms with E-state index in [1.807, 2.05) is 0 Å². The molecule has 1 saturated carbocycles. The van der Waals surface area contributed by atoms with Gasteiger partial charge >= 0.3 is 0 Å². The molecular weight excluding hydrogens is 192 g/mol. The van der Waals surface area contributed by atoms with Crippen molar-refractivity contribution >= 4 is 5.91 Å². The van der Waals surface area contributed by atoms with E-state index >= 15 is 0 Å². The maximum atomic E-state index is 11.6. The van der Waals surface area contributed by atoms with Crippen LogP contribution in [0.1, 0.15) is 39.0 Å². The minimum Gasteiger partial charge on any atom is -0.372 e. The summed E-state index contributed by atoms with van der Waals surface area (Å²) in [6.07, 6.45) is 5.16. The summed E-state index contributed by atoms with van der Waals surface area (Å²) in [6.45, 7) is 1.75. The molecule has 1 fully saturated rings. The summed E-state index contributed by atoms with van der Waals surface area (Å²) in [6, 6.07) is 0.220. The predicted molar refractivity (Wildman–Crippen MR) is 59.5 cm³/mol. The van der Waals surface area contributed by atoms with Crippen LogP contribution in [0.5, 0.6) is 0 Å². The predicted octanol–water partition coefficient (Wildman–Crippen LogP) is 0.797. The van der Waals surface area contributed by atoms with Crippen LogP contribution in [0.3, 0.4) is 0 Å². The largest absolute Gasteiger partial charge is 0.372 e. The monoisotopic (exact) mass is 214 g/mol. The van der Waals surface area contributed by atoms with Crippen molar-refractivity contribution in [2.75, 3.05) is 7.11 Å². The Labute approximate surface area is 91.5 Å². The molecule has 4 nitrogen and oxygen atoms in total. The molecule has 0 aromatic rings. The Morgan fingerprint density at radius 3 is 2.73 bits per heavy atom. The highest BCUT2D eigenvalue weighted by molar-refractivity contribution is 5.80. The number of nitrogens with two attached hydrogens (primary N) is 1. The van der Waals surface area contributed by atoms with E-state index in [0.717, 1.165) is 19.3 Å². The standard InChI is InChI=1S/C11H22N2O2/c1-8(15-2)11(14)13-10-7-5-3-4-6-9(10)12/h8-10H,3-7,12H2,1-2H3,(H,13,14). The Balaban J connectivity index is 2.44. The highest BCUT2D eigenvalue weighted by Gasteiger charge is 2.23. The summed E-state index contributed by atoms with van der Waals surface area (Å²) in [5.41, 5.74) is 6.01. The lowest BCUT2D eigenvalue weighted by atomic mass is 10.0. The molecule has 3 unspecified atom stereocenters. The number of methoxy groups -OCH3 is 1. The first-order valence-corrected chi connectivity index (χ1v) is 5.74. The molecule has 0 heterocycles. The number of hydrogen-bond donors (Lipinski definition) is 2. The van der Waals surface area contributed by atoms with Gasteiger partial charge < -0.3 is 15.8 Å². The van der Waals surface area contributed by atoms with Gasteiger partial charge in [0.2, 0.25) is 5.91 Å². The zero-order valence-corrected chi connectivity index (χ0v) is 9.66. The molecule has 0 aromatic carbocycles. The minimum absolute atomic E-state index is 0.0557. The lowest BCUT2D eigenvalue weighted by molar-refractivity contribution is -0.131. The number of carbonyl (C=O) groups is 1. The SMILES string of the molecule is COC(C)C(=O)NC1CCCCCC1N. The van der Waals surface area contributed by atoms with E-state index in [9.17, 15) is 4.79 Å². The van der Waals surface area contributed by atoms with Crippen LogP contribution in [0.25, 0.3) is 0 Å². The van der Waals surface area contributed by atoms with Crippen LogP contribution in [-0.2, 0) is 9.53 Å². The molecule has 0 aromatic heterocycles. The van der Waals surface area contributed by atoms with Crippen molar-refractivity contribution in [3.63, 3.8) is 0 Å². The zero-order valence-electron chi connectivity index (χ0n) is 9.66. The number of rotatable bonds is 3. The Bertz CT molecular complexity index is 209. The molecule has 0 spiro atoms. The van der Waals surface area contributed by atoms with Crippen molar-refractivity contribution in [1.82, 2.24) is 5.32 Å². The van der Waals surface area contributed by atoms with Gasteiger partial charge in [0.1, 0.15) is 6.10 Å². The van der Waals surface area contributed by atoms with Crippen molar-refractivity contribution in [1.29, 1.82) is 0 Å². The van der Waals surface area contributed by atoms with E-state index in [1.54, 1.807) is 6.92 Å². The van der Waals surface area contributed by atoms with Gasteiger partial charge in [-0.1, -0.05) is 19.3 Å². The zero-order chi connectivity index (χ0) is 11.3. The number of nitrogens with one attached hydrogen (secondary N) is 1. The van der Waals surface area contributed by atoms with Crippen LogP contribution < -0.4 is 11.1 Å². The third-order valence-corrected chi connectivity index (χ3v) is 3.12. The second-order valence-corrected chi connectivity index (χ2v) is 4.29. The molecule has 1 rings (SSSR count). The van der Waals surface area contributed by atoms with E-state index in [4.69, 9.17) is 10.5 Å². The van der Waals surface area contributed by atoms with Gasteiger partial charge in [-0.25, -0.2) is 0 Å². The Morgan fingerprint density at radius 2 is 2.07 bits per heavy atom. The first-order valence-electron chi connectivity index (χ1n) is 5.74. The molecule has 0 saturated heterocycles. The smallest absolute Gasteiger partial charge is 0.249 e. The fourth-order valence-corrected chi connectivity index (χ4v) is 1.92. The van der Waals surface area contributed by atoms with Crippen molar-refractivity contribution in [3.8, 4) is 0 Å². The van der Waals surface area contributed by atoms with Crippen LogP contribution in [0.15, 0.2) is 0 Å². The first kappa shape index (κ1) is 12.5. The molecule has 4 heteroatoms. The third kappa shape index (κ3) is 3.80. The first-order chi connectivity index (χ1) is 7.15. The van der Waals surface area contributed by atoms with E-state index in [1.165, 1.54) is 20.0 Å². The highest BCUT2D eigenvalue weighted by Crippen LogP contribution is 2.16. The number of ether oxygens (including phenoxy) is 1. The second-order valence-electron chi connectivity index (χ2n) is 4.29. The van der Waals surface area contributed by atoms with E-state index in [-0.39, 0.29) is 24.1 Å². The average Bonchev–Trinajstić information content (AvgIpc) is 2.43. The molecule has 15 heavy (non-hydrogen) atoms. The fraction of sp³-hybridized carbons (Fsp3) is 0.909. The minimum atomic E-state index is -0.388. The maximum Gasteiger partial charge on any atom is 0.249 e. The molecule has 0 radical (unpaired) electrons. The van der Waals surface area contributed by atoms with Gasteiger partial charge in [0.05, 0.1) is 0 Å². The van der Waals surface area contributed by atoms with Gasteiger partial charge in [-0.15, -0.1) is 0 Å². The van der Waals surface area contributed by atoms with Gasteiger partial charge in [0.25, 0.3) is 0 Å². The summed E-state index contributed by atoms with van der Waals surface area (Å²) in [4.78, 5) is 11.6. The number of hydrogen-bond acceptors (Lipinski definition) is 3. The van der Waals surface area contributed by atoms with Crippen molar-refractivity contribution < 1.29 is 9.53 Å². The van der Waals surface area contributed by atoms with Crippen LogP contribution in [0.2, 0.25) is 0 Å². The molecular formula is C11H22N2O2.